The number of rotatable bonds is 9. The highest BCUT2D eigenvalue weighted by atomic mass is 35.5. The molecule has 0 aliphatic rings. The van der Waals surface area contributed by atoms with Gasteiger partial charge in [0.15, 0.2) is 5.82 Å². The fourth-order valence-electron chi connectivity index (χ4n) is 5.25. The van der Waals surface area contributed by atoms with E-state index < -0.39 is 0 Å². The van der Waals surface area contributed by atoms with Crippen LogP contribution in [0.5, 0.6) is 11.5 Å². The number of nitrogens with zero attached hydrogens (tertiary/aromatic N) is 10. The topological polar surface area (TPSA) is 149 Å². The number of halogens is 2. The average molecular weight is 704 g/mol. The Hall–Kier alpha value is -6.07. The molecule has 0 aliphatic carbocycles. The molecule has 12 nitrogen and oxygen atoms in total. The molecule has 0 bridgehead atoms. The molecule has 3 heterocycles. The van der Waals surface area contributed by atoms with Crippen LogP contribution in [0.25, 0.3) is 38.6 Å². The first-order valence-corrected chi connectivity index (χ1v) is 16.0. The Morgan fingerprint density at radius 1 is 0.660 bits per heavy atom. The van der Waals surface area contributed by atoms with E-state index in [4.69, 9.17) is 38.2 Å². The van der Waals surface area contributed by atoms with Gasteiger partial charge < -0.3 is 9.47 Å². The van der Waals surface area contributed by atoms with Crippen molar-refractivity contribution in [3.05, 3.63) is 152 Å². The van der Waals surface area contributed by atoms with E-state index in [1.807, 2.05) is 97.1 Å². The monoisotopic (exact) mass is 702 g/mol. The van der Waals surface area contributed by atoms with E-state index in [-0.39, 0.29) is 5.82 Å². The molecule has 0 atom stereocenters. The number of tetrazole rings is 1. The third-order valence-corrected chi connectivity index (χ3v) is 8.18. The predicted octanol–water partition coefficient (Wildman–Crippen LogP) is 8.78. The lowest BCUT2D eigenvalue weighted by Crippen LogP contribution is -2.02. The molecule has 0 aliphatic heterocycles. The summed E-state index contributed by atoms with van der Waals surface area (Å²) in [5, 5.41) is 29.5. The molecule has 0 unspecified atom stereocenters. The molecule has 50 heavy (non-hydrogen) atoms. The summed E-state index contributed by atoms with van der Waals surface area (Å²) in [7, 11) is 3.29. The molecular weight excluding hydrogens is 675 g/mol. The number of benzene rings is 4. The SMILES string of the molecule is COc1ccccc1Cc1cc(-c2ccc(Cl)cc2)nn2nnnc12.COc1ccccc1Cc1cc(-c2ccc(Cl)cc2)nnc1N=[N+]=[N-]. The molecule has 7 aromatic rings. The summed E-state index contributed by atoms with van der Waals surface area (Å²) in [6, 6.07) is 34.3. The minimum atomic E-state index is 0.256. The summed E-state index contributed by atoms with van der Waals surface area (Å²) in [4.78, 5) is 2.84. The summed E-state index contributed by atoms with van der Waals surface area (Å²) < 4.78 is 12.3. The predicted molar refractivity (Wildman–Crippen MR) is 192 cm³/mol. The van der Waals surface area contributed by atoms with E-state index in [0.717, 1.165) is 50.6 Å². The maximum Gasteiger partial charge on any atom is 0.203 e. The molecule has 0 radical (unpaired) electrons. The van der Waals surface area contributed by atoms with Gasteiger partial charge in [0.05, 0.1) is 25.6 Å². The summed E-state index contributed by atoms with van der Waals surface area (Å²) in [5.41, 5.74) is 16.5. The van der Waals surface area contributed by atoms with Gasteiger partial charge in [0, 0.05) is 44.5 Å². The van der Waals surface area contributed by atoms with Gasteiger partial charge >= 0.3 is 0 Å². The minimum Gasteiger partial charge on any atom is -0.496 e. The number of aromatic nitrogens is 7. The molecule has 0 saturated carbocycles. The van der Waals surface area contributed by atoms with Gasteiger partial charge in [-0.1, -0.05) is 83.9 Å². The second-order valence-corrected chi connectivity index (χ2v) is 11.7. The lowest BCUT2D eigenvalue weighted by molar-refractivity contribution is 0.410. The minimum absolute atomic E-state index is 0.256. The Labute approximate surface area is 296 Å². The number of para-hydroxylation sites is 2. The van der Waals surface area contributed by atoms with E-state index in [0.29, 0.717) is 34.2 Å². The van der Waals surface area contributed by atoms with Gasteiger partial charge in [0.25, 0.3) is 0 Å². The molecule has 0 N–H and O–H groups in total. The summed E-state index contributed by atoms with van der Waals surface area (Å²) in [6.07, 6.45) is 1.14. The van der Waals surface area contributed by atoms with Crippen LogP contribution in [0.15, 0.2) is 114 Å². The van der Waals surface area contributed by atoms with Gasteiger partial charge in [-0.25, -0.2) is 0 Å². The molecule has 0 amide bonds. The van der Waals surface area contributed by atoms with Crippen molar-refractivity contribution < 1.29 is 9.47 Å². The highest BCUT2D eigenvalue weighted by molar-refractivity contribution is 6.30. The van der Waals surface area contributed by atoms with Gasteiger partial charge in [0.2, 0.25) is 5.65 Å². The Bertz CT molecular complexity index is 2290. The third-order valence-electron chi connectivity index (χ3n) is 7.67. The number of azide groups is 1. The van der Waals surface area contributed by atoms with Crippen LogP contribution in [0, 0.1) is 0 Å². The van der Waals surface area contributed by atoms with Crippen LogP contribution < -0.4 is 9.47 Å². The average Bonchev–Trinajstić information content (AvgIpc) is 3.63. The Morgan fingerprint density at radius 3 is 1.78 bits per heavy atom. The smallest absolute Gasteiger partial charge is 0.203 e. The number of hydrogen-bond donors (Lipinski definition) is 0. The quantitative estimate of drug-likeness (QED) is 0.0823. The molecule has 0 fully saturated rings. The van der Waals surface area contributed by atoms with Crippen molar-refractivity contribution >= 4 is 34.7 Å². The highest BCUT2D eigenvalue weighted by Gasteiger charge is 2.14. The van der Waals surface area contributed by atoms with Crippen molar-refractivity contribution in [3.8, 4) is 34.0 Å². The maximum atomic E-state index is 8.78. The van der Waals surface area contributed by atoms with Gasteiger partial charge in [-0.2, -0.15) is 5.10 Å². The van der Waals surface area contributed by atoms with Crippen LogP contribution in [0.3, 0.4) is 0 Å². The fraction of sp³-hybridized carbons (Fsp3) is 0.111. The van der Waals surface area contributed by atoms with Crippen LogP contribution in [-0.2, 0) is 12.8 Å². The Kier molecular flexibility index (Phi) is 10.7. The zero-order valence-electron chi connectivity index (χ0n) is 26.9. The molecule has 7 rings (SSSR count). The third kappa shape index (κ3) is 7.96. The lowest BCUT2D eigenvalue weighted by atomic mass is 10.0. The largest absolute Gasteiger partial charge is 0.496 e. The highest BCUT2D eigenvalue weighted by Crippen LogP contribution is 2.29. The standard InChI is InChI=1S/2C18H14ClN5O/c1-25-17-5-3-2-4-13(17)10-14-11-16(12-6-8-15(19)9-7-12)21-24-18(14)20-22-23-24;1-25-17-5-3-2-4-13(17)10-14-11-16(21-22-18(14)23-24-20)12-6-8-15(19)9-7-12/h2*2-9,11H,10H2,1H3. The normalized spacial score (nSPS) is 10.6. The maximum absolute atomic E-state index is 8.78. The van der Waals surface area contributed by atoms with Crippen LogP contribution in [-0.4, -0.2) is 49.7 Å². The van der Waals surface area contributed by atoms with Crippen LogP contribution in [0.4, 0.5) is 5.82 Å². The fourth-order valence-corrected chi connectivity index (χ4v) is 5.50. The van der Waals surface area contributed by atoms with Crippen LogP contribution in [0.2, 0.25) is 10.0 Å². The van der Waals surface area contributed by atoms with Crippen molar-refractivity contribution in [2.24, 2.45) is 5.11 Å². The first-order chi connectivity index (χ1) is 24.4. The van der Waals surface area contributed by atoms with E-state index >= 15 is 0 Å². The Balaban J connectivity index is 0.000000173. The molecular formula is C36H28Cl2N10O2. The number of fused-ring (bicyclic) bond motifs is 1. The van der Waals surface area contributed by atoms with Crippen molar-refractivity contribution in [1.82, 2.24) is 35.5 Å². The first-order valence-electron chi connectivity index (χ1n) is 15.2. The van der Waals surface area contributed by atoms with Gasteiger partial charge in [-0.05, 0) is 86.3 Å². The molecule has 14 heteroatoms. The molecule has 4 aromatic carbocycles. The van der Waals surface area contributed by atoms with Crippen LogP contribution >= 0.6 is 23.2 Å². The zero-order valence-corrected chi connectivity index (χ0v) is 28.4. The second-order valence-electron chi connectivity index (χ2n) is 10.8. The second kappa shape index (κ2) is 15.9. The summed E-state index contributed by atoms with van der Waals surface area (Å²) in [5.74, 6) is 1.85. The number of hydrogen-bond acceptors (Lipinski definition) is 9. The number of ether oxygens (including phenoxy) is 2. The van der Waals surface area contributed by atoms with Gasteiger partial charge in [-0.15, -0.1) is 19.9 Å². The molecule has 3 aromatic heterocycles. The van der Waals surface area contributed by atoms with E-state index in [2.05, 4.69) is 40.8 Å². The Morgan fingerprint density at radius 2 is 1.20 bits per heavy atom. The van der Waals surface area contributed by atoms with Gasteiger partial charge in [0.1, 0.15) is 11.5 Å². The van der Waals surface area contributed by atoms with E-state index in [9.17, 15) is 0 Å². The number of methoxy groups -OCH3 is 2. The first kappa shape index (κ1) is 33.8. The lowest BCUT2D eigenvalue weighted by Gasteiger charge is -2.10. The summed E-state index contributed by atoms with van der Waals surface area (Å²) in [6.45, 7) is 0. The molecule has 248 valence electrons. The van der Waals surface area contributed by atoms with Crippen molar-refractivity contribution in [3.63, 3.8) is 0 Å². The van der Waals surface area contributed by atoms with Crippen molar-refractivity contribution in [2.45, 2.75) is 12.8 Å². The van der Waals surface area contributed by atoms with Crippen molar-refractivity contribution in [2.75, 3.05) is 14.2 Å². The van der Waals surface area contributed by atoms with Crippen LogP contribution in [0.1, 0.15) is 22.3 Å². The molecule has 0 saturated heterocycles. The van der Waals surface area contributed by atoms with Crippen molar-refractivity contribution in [1.29, 1.82) is 0 Å². The summed E-state index contributed by atoms with van der Waals surface area (Å²) >= 11 is 11.9. The molecule has 0 spiro atoms. The zero-order chi connectivity index (χ0) is 34.9. The van der Waals surface area contributed by atoms with E-state index in [1.165, 1.54) is 4.63 Å². The van der Waals surface area contributed by atoms with Gasteiger partial charge in [-0.3, -0.25) is 0 Å². The van der Waals surface area contributed by atoms with E-state index in [1.54, 1.807) is 26.4 Å².